The Morgan fingerprint density at radius 2 is 1.85 bits per heavy atom. The molecule has 0 aromatic heterocycles. The van der Waals surface area contributed by atoms with E-state index < -0.39 is 34.0 Å². The smallest absolute Gasteiger partial charge is 0.395 e. The number of carbonyl (C=O) groups is 3. The van der Waals surface area contributed by atoms with Gasteiger partial charge in [0, 0.05) is 31.1 Å². The van der Waals surface area contributed by atoms with E-state index in [2.05, 4.69) is 19.5 Å². The number of amides is 3. The maximum absolute atomic E-state index is 13.2. The molecule has 0 spiro atoms. The van der Waals surface area contributed by atoms with Gasteiger partial charge in [-0.15, -0.1) is 8.78 Å². The number of benzene rings is 2. The van der Waals surface area contributed by atoms with Crippen molar-refractivity contribution in [3.05, 3.63) is 53.1 Å². The third-order valence-corrected chi connectivity index (χ3v) is 7.14. The van der Waals surface area contributed by atoms with Crippen LogP contribution in [-0.2, 0) is 32.7 Å². The summed E-state index contributed by atoms with van der Waals surface area (Å²) in [6.45, 7) is 0.0280. The van der Waals surface area contributed by atoms with Crippen molar-refractivity contribution >= 4 is 27.7 Å². The van der Waals surface area contributed by atoms with Gasteiger partial charge in [-0.1, -0.05) is 12.1 Å². The Kier molecular flexibility index (Phi) is 5.06. The minimum absolute atomic E-state index is 0.140. The molecule has 178 valence electrons. The van der Waals surface area contributed by atoms with Crippen molar-refractivity contribution in [2.75, 3.05) is 0 Å². The second kappa shape index (κ2) is 7.74. The van der Waals surface area contributed by atoms with E-state index in [1.54, 1.807) is 12.1 Å². The van der Waals surface area contributed by atoms with Crippen LogP contribution in [0.5, 0.6) is 11.5 Å². The molecule has 5 rings (SSSR count). The lowest BCUT2D eigenvalue weighted by Crippen LogP contribution is -2.52. The van der Waals surface area contributed by atoms with Gasteiger partial charge in [-0.05, 0) is 35.7 Å². The van der Waals surface area contributed by atoms with Crippen LogP contribution in [0.4, 0.5) is 8.78 Å². The molecule has 3 amide bonds. The quantitative estimate of drug-likeness (QED) is 0.600. The van der Waals surface area contributed by atoms with Crippen molar-refractivity contribution in [1.82, 2.24) is 14.9 Å². The van der Waals surface area contributed by atoms with Gasteiger partial charge in [0.15, 0.2) is 11.5 Å². The number of carbonyl (C=O) groups excluding carboxylic acids is 3. The summed E-state index contributed by atoms with van der Waals surface area (Å²) in [5, 5.41) is 2.23. The van der Waals surface area contributed by atoms with Crippen LogP contribution in [0.15, 0.2) is 41.3 Å². The molecule has 0 radical (unpaired) electrons. The molecule has 0 aliphatic carbocycles. The van der Waals surface area contributed by atoms with Gasteiger partial charge in [0.2, 0.25) is 21.8 Å². The second-order valence-corrected chi connectivity index (χ2v) is 9.76. The van der Waals surface area contributed by atoms with Gasteiger partial charge in [0.25, 0.3) is 5.91 Å². The fourth-order valence-electron chi connectivity index (χ4n) is 4.07. The lowest BCUT2D eigenvalue weighted by Gasteiger charge is -2.29. The van der Waals surface area contributed by atoms with Gasteiger partial charge in [-0.2, -0.15) is 0 Å². The van der Waals surface area contributed by atoms with Crippen LogP contribution < -0.4 is 19.5 Å². The lowest BCUT2D eigenvalue weighted by atomic mass is 10.0. The minimum atomic E-state index is -4.10. The summed E-state index contributed by atoms with van der Waals surface area (Å²) in [5.41, 5.74) is 1.50. The minimum Gasteiger partial charge on any atom is -0.395 e. The number of hydrogen-bond donors (Lipinski definition) is 2. The fourth-order valence-corrected chi connectivity index (χ4v) is 5.10. The van der Waals surface area contributed by atoms with Crippen LogP contribution >= 0.6 is 0 Å². The summed E-state index contributed by atoms with van der Waals surface area (Å²) >= 11 is 0. The Balaban J connectivity index is 1.29. The third-order valence-electron chi connectivity index (χ3n) is 5.74. The summed E-state index contributed by atoms with van der Waals surface area (Å²) in [6, 6.07) is 7.21. The van der Waals surface area contributed by atoms with Crippen LogP contribution in [0.1, 0.15) is 34.3 Å². The summed E-state index contributed by atoms with van der Waals surface area (Å²) in [6.07, 6.45) is -3.49. The van der Waals surface area contributed by atoms with Crippen LogP contribution in [-0.4, -0.2) is 43.4 Å². The fraction of sp³-hybridized carbons (Fsp3) is 0.286. The molecule has 3 aliphatic rings. The predicted molar refractivity (Wildman–Crippen MR) is 109 cm³/mol. The number of rotatable bonds is 5. The van der Waals surface area contributed by atoms with E-state index in [-0.39, 0.29) is 48.4 Å². The highest BCUT2D eigenvalue weighted by Gasteiger charge is 2.44. The number of sulfonamides is 1. The molecule has 3 heterocycles. The summed E-state index contributed by atoms with van der Waals surface area (Å²) in [4.78, 5) is 37.5. The molecule has 1 fully saturated rings. The van der Waals surface area contributed by atoms with E-state index in [0.717, 1.165) is 18.2 Å². The molecular formula is C21H17F2N3O7S. The van der Waals surface area contributed by atoms with Gasteiger partial charge in [0.1, 0.15) is 6.04 Å². The molecular weight excluding hydrogens is 476 g/mol. The SMILES string of the molecule is O=C1CCC(N2Cc3ccc(CNS(=O)(=O)c4ccc5c(c4)OC(F)(F)O5)cc3C2=O)C(=O)N1. The standard InChI is InChI=1S/C21H17F2N3O7S/c22-21(23)32-16-5-3-13(8-17(16)33-21)34(30,31)24-9-11-1-2-12-10-26(20(29)14(12)7-11)15-4-6-18(27)25-19(15)28/h1-3,5,7-8,15,24H,4,6,9-10H2,(H,25,27,28). The van der Waals surface area contributed by atoms with Crippen LogP contribution in [0.3, 0.4) is 0 Å². The van der Waals surface area contributed by atoms with Crippen LogP contribution in [0.2, 0.25) is 0 Å². The molecule has 0 saturated carbocycles. The van der Waals surface area contributed by atoms with Crippen LogP contribution in [0, 0.1) is 0 Å². The molecule has 1 saturated heterocycles. The molecule has 2 N–H and O–H groups in total. The summed E-state index contributed by atoms with van der Waals surface area (Å²) in [5.74, 6) is -1.96. The molecule has 34 heavy (non-hydrogen) atoms. The zero-order valence-electron chi connectivity index (χ0n) is 17.3. The van der Waals surface area contributed by atoms with E-state index in [9.17, 15) is 31.6 Å². The van der Waals surface area contributed by atoms with E-state index >= 15 is 0 Å². The Morgan fingerprint density at radius 3 is 2.62 bits per heavy atom. The predicted octanol–water partition coefficient (Wildman–Crippen LogP) is 1.25. The first-order valence-electron chi connectivity index (χ1n) is 10.2. The lowest BCUT2D eigenvalue weighted by molar-refractivity contribution is -0.286. The van der Waals surface area contributed by atoms with Crippen LogP contribution in [0.25, 0.3) is 0 Å². The number of piperidine rings is 1. The number of ether oxygens (including phenoxy) is 2. The molecule has 10 nitrogen and oxygen atoms in total. The monoisotopic (exact) mass is 493 g/mol. The number of imide groups is 1. The highest BCUT2D eigenvalue weighted by Crippen LogP contribution is 2.41. The first-order valence-corrected chi connectivity index (χ1v) is 11.7. The maximum Gasteiger partial charge on any atom is 0.586 e. The van der Waals surface area contributed by atoms with Gasteiger partial charge >= 0.3 is 6.29 Å². The van der Waals surface area contributed by atoms with Gasteiger partial charge < -0.3 is 14.4 Å². The Bertz CT molecular complexity index is 1350. The van der Waals surface area contributed by atoms with E-state index in [1.165, 1.54) is 11.0 Å². The number of nitrogens with one attached hydrogen (secondary N) is 2. The molecule has 0 bridgehead atoms. The van der Waals surface area contributed by atoms with E-state index in [0.29, 0.717) is 16.7 Å². The summed E-state index contributed by atoms with van der Waals surface area (Å²) < 4.78 is 62.6. The third kappa shape index (κ3) is 3.96. The summed E-state index contributed by atoms with van der Waals surface area (Å²) in [7, 11) is -4.10. The Hall–Kier alpha value is -3.58. The Labute approximate surface area is 191 Å². The highest BCUT2D eigenvalue weighted by atomic mass is 32.2. The molecule has 13 heteroatoms. The van der Waals surface area contributed by atoms with E-state index in [4.69, 9.17) is 0 Å². The molecule has 2 aromatic rings. The van der Waals surface area contributed by atoms with Crippen molar-refractivity contribution in [2.45, 2.75) is 43.2 Å². The highest BCUT2D eigenvalue weighted by molar-refractivity contribution is 7.89. The van der Waals surface area contributed by atoms with Crippen molar-refractivity contribution < 1.29 is 41.1 Å². The number of alkyl halides is 2. The average molecular weight is 493 g/mol. The zero-order chi connectivity index (χ0) is 24.3. The first-order chi connectivity index (χ1) is 16.0. The molecule has 1 atom stereocenters. The topological polar surface area (TPSA) is 131 Å². The number of hydrogen-bond acceptors (Lipinski definition) is 7. The van der Waals surface area contributed by atoms with Crippen molar-refractivity contribution in [3.8, 4) is 11.5 Å². The van der Waals surface area contributed by atoms with E-state index in [1.807, 2.05) is 0 Å². The number of halogens is 2. The number of fused-ring (bicyclic) bond motifs is 2. The molecule has 2 aromatic carbocycles. The van der Waals surface area contributed by atoms with Crippen molar-refractivity contribution in [3.63, 3.8) is 0 Å². The van der Waals surface area contributed by atoms with Gasteiger partial charge in [-0.3, -0.25) is 19.7 Å². The van der Waals surface area contributed by atoms with Gasteiger partial charge in [-0.25, -0.2) is 13.1 Å². The maximum atomic E-state index is 13.2. The zero-order valence-corrected chi connectivity index (χ0v) is 18.2. The molecule has 1 unspecified atom stereocenters. The van der Waals surface area contributed by atoms with Gasteiger partial charge in [0.05, 0.1) is 4.90 Å². The average Bonchev–Trinajstić information content (AvgIpc) is 3.26. The first kappa shape index (κ1) is 22.2. The molecule has 3 aliphatic heterocycles. The number of nitrogens with zero attached hydrogens (tertiary/aromatic N) is 1. The second-order valence-electron chi connectivity index (χ2n) is 7.99. The Morgan fingerprint density at radius 1 is 1.09 bits per heavy atom. The van der Waals surface area contributed by atoms with Crippen molar-refractivity contribution in [1.29, 1.82) is 0 Å². The normalized spacial score (nSPS) is 20.9. The van der Waals surface area contributed by atoms with Crippen molar-refractivity contribution in [2.24, 2.45) is 0 Å². The largest absolute Gasteiger partial charge is 0.586 e.